The minimum absolute atomic E-state index is 0.184. The summed E-state index contributed by atoms with van der Waals surface area (Å²) in [4.78, 5) is 11.4. The molecule has 21 heavy (non-hydrogen) atoms. The highest BCUT2D eigenvalue weighted by Gasteiger charge is 2.17. The van der Waals surface area contributed by atoms with Crippen molar-refractivity contribution in [1.82, 2.24) is 9.78 Å². The molecule has 0 aliphatic rings. The first kappa shape index (κ1) is 14.8. The molecule has 0 bridgehead atoms. The average Bonchev–Trinajstić information content (AvgIpc) is 2.89. The molecule has 2 rings (SSSR count). The zero-order valence-corrected chi connectivity index (χ0v) is 12.1. The molecule has 0 fully saturated rings. The van der Waals surface area contributed by atoms with Gasteiger partial charge in [0, 0.05) is 18.3 Å². The molecule has 0 saturated heterocycles. The highest BCUT2D eigenvalue weighted by Crippen LogP contribution is 2.23. The molecule has 0 radical (unpaired) electrons. The van der Waals surface area contributed by atoms with Crippen LogP contribution in [0.3, 0.4) is 0 Å². The van der Waals surface area contributed by atoms with Gasteiger partial charge < -0.3 is 5.11 Å². The van der Waals surface area contributed by atoms with Gasteiger partial charge in [0.1, 0.15) is 11.3 Å². The molecule has 108 valence electrons. The molecule has 2 aromatic rings. The van der Waals surface area contributed by atoms with E-state index in [0.717, 1.165) is 6.42 Å². The van der Waals surface area contributed by atoms with E-state index in [1.165, 1.54) is 0 Å². The van der Waals surface area contributed by atoms with E-state index in [9.17, 15) is 9.90 Å². The van der Waals surface area contributed by atoms with E-state index in [1.54, 1.807) is 35.1 Å². The van der Waals surface area contributed by atoms with Gasteiger partial charge in [-0.05, 0) is 24.5 Å². The minimum atomic E-state index is -0.995. The summed E-state index contributed by atoms with van der Waals surface area (Å²) in [6.45, 7) is 4.92. The summed E-state index contributed by atoms with van der Waals surface area (Å²) < 4.78 is 1.68. The van der Waals surface area contributed by atoms with Gasteiger partial charge in [-0.2, -0.15) is 10.4 Å². The van der Waals surface area contributed by atoms with E-state index in [2.05, 4.69) is 18.9 Å². The maximum Gasteiger partial charge on any atom is 0.339 e. The average molecular weight is 283 g/mol. The molecule has 0 saturated carbocycles. The zero-order chi connectivity index (χ0) is 15.4. The van der Waals surface area contributed by atoms with Crippen molar-refractivity contribution in [3.63, 3.8) is 0 Å². The topological polar surface area (TPSA) is 78.9 Å². The van der Waals surface area contributed by atoms with Crippen molar-refractivity contribution in [2.24, 2.45) is 5.92 Å². The summed E-state index contributed by atoms with van der Waals surface area (Å²) >= 11 is 0. The Morgan fingerprint density at radius 2 is 2.05 bits per heavy atom. The lowest BCUT2D eigenvalue weighted by Crippen LogP contribution is -2.02. The van der Waals surface area contributed by atoms with E-state index in [-0.39, 0.29) is 5.56 Å². The standard InChI is InChI=1S/C16H17N3O2/c1-11(2)7-8-19-10-14(16(20)21)15(18-19)13-5-3-12(9-17)4-6-13/h3-6,10-11H,7-8H2,1-2H3,(H,20,21). The number of hydrogen-bond donors (Lipinski definition) is 1. The van der Waals surface area contributed by atoms with Crippen molar-refractivity contribution in [3.05, 3.63) is 41.6 Å². The fourth-order valence-electron chi connectivity index (χ4n) is 2.00. The van der Waals surface area contributed by atoms with Crippen molar-refractivity contribution >= 4 is 5.97 Å². The third-order valence-electron chi connectivity index (χ3n) is 3.22. The van der Waals surface area contributed by atoms with Crippen LogP contribution in [0.5, 0.6) is 0 Å². The van der Waals surface area contributed by atoms with Gasteiger partial charge in [-0.15, -0.1) is 0 Å². The fourth-order valence-corrected chi connectivity index (χ4v) is 2.00. The monoisotopic (exact) mass is 283 g/mol. The second-order valence-corrected chi connectivity index (χ2v) is 5.33. The summed E-state index contributed by atoms with van der Waals surface area (Å²) in [6.07, 6.45) is 2.51. The molecule has 0 atom stereocenters. The SMILES string of the molecule is CC(C)CCn1cc(C(=O)O)c(-c2ccc(C#N)cc2)n1. The van der Waals surface area contributed by atoms with Crippen molar-refractivity contribution in [2.45, 2.75) is 26.8 Å². The van der Waals surface area contributed by atoms with Gasteiger partial charge in [0.2, 0.25) is 0 Å². The number of benzene rings is 1. The van der Waals surface area contributed by atoms with Crippen LogP contribution in [0.15, 0.2) is 30.5 Å². The van der Waals surface area contributed by atoms with Crippen LogP contribution in [0.2, 0.25) is 0 Å². The van der Waals surface area contributed by atoms with Gasteiger partial charge in [0.05, 0.1) is 11.6 Å². The van der Waals surface area contributed by atoms with Crippen molar-refractivity contribution < 1.29 is 9.90 Å². The molecule has 1 aromatic carbocycles. The molecular formula is C16H17N3O2. The Morgan fingerprint density at radius 3 is 2.57 bits per heavy atom. The fraction of sp³-hybridized carbons (Fsp3) is 0.312. The van der Waals surface area contributed by atoms with Crippen LogP contribution < -0.4 is 0 Å². The number of nitriles is 1. The number of carboxylic acid groups (broad SMARTS) is 1. The maximum atomic E-state index is 11.4. The van der Waals surface area contributed by atoms with Gasteiger partial charge in [0.25, 0.3) is 0 Å². The molecule has 1 heterocycles. The lowest BCUT2D eigenvalue weighted by molar-refractivity contribution is 0.0697. The van der Waals surface area contributed by atoms with Crippen LogP contribution in [0.4, 0.5) is 0 Å². The quantitative estimate of drug-likeness (QED) is 0.914. The highest BCUT2D eigenvalue weighted by molar-refractivity contribution is 5.94. The van der Waals surface area contributed by atoms with Gasteiger partial charge in [-0.1, -0.05) is 26.0 Å². The van der Waals surface area contributed by atoms with E-state index < -0.39 is 5.97 Å². The second kappa shape index (κ2) is 6.23. The molecule has 5 nitrogen and oxygen atoms in total. The number of aryl methyl sites for hydroxylation is 1. The number of hydrogen-bond acceptors (Lipinski definition) is 3. The van der Waals surface area contributed by atoms with Crippen molar-refractivity contribution in [3.8, 4) is 17.3 Å². The maximum absolute atomic E-state index is 11.4. The van der Waals surface area contributed by atoms with E-state index in [4.69, 9.17) is 5.26 Å². The van der Waals surface area contributed by atoms with E-state index in [0.29, 0.717) is 29.3 Å². The van der Waals surface area contributed by atoms with Crippen LogP contribution in [0.1, 0.15) is 36.2 Å². The van der Waals surface area contributed by atoms with Gasteiger partial charge in [-0.25, -0.2) is 4.79 Å². The number of carboxylic acids is 1. The summed E-state index contributed by atoms with van der Waals surface area (Å²) in [5, 5.41) is 22.5. The first-order chi connectivity index (χ1) is 10.0. The van der Waals surface area contributed by atoms with Crippen LogP contribution in [-0.4, -0.2) is 20.9 Å². The smallest absolute Gasteiger partial charge is 0.339 e. The summed E-state index contributed by atoms with van der Waals surface area (Å²) in [5.41, 5.74) is 1.86. The van der Waals surface area contributed by atoms with Gasteiger partial charge >= 0.3 is 5.97 Å². The lowest BCUT2D eigenvalue weighted by Gasteiger charge is -2.04. The third-order valence-corrected chi connectivity index (χ3v) is 3.22. The molecular weight excluding hydrogens is 266 g/mol. The predicted molar refractivity (Wildman–Crippen MR) is 78.8 cm³/mol. The minimum Gasteiger partial charge on any atom is -0.478 e. The molecule has 0 aliphatic carbocycles. The number of nitrogens with zero attached hydrogens (tertiary/aromatic N) is 3. The number of rotatable bonds is 5. The van der Waals surface area contributed by atoms with E-state index in [1.807, 2.05) is 6.07 Å². The summed E-state index contributed by atoms with van der Waals surface area (Å²) in [6, 6.07) is 8.81. The first-order valence-corrected chi connectivity index (χ1v) is 6.82. The Labute approximate surface area is 123 Å². The van der Waals surface area contributed by atoms with Gasteiger partial charge in [0.15, 0.2) is 0 Å². The normalized spacial score (nSPS) is 10.6. The Balaban J connectivity index is 2.36. The Kier molecular flexibility index (Phi) is 4.39. The van der Waals surface area contributed by atoms with E-state index >= 15 is 0 Å². The zero-order valence-electron chi connectivity index (χ0n) is 12.1. The number of aromatic carboxylic acids is 1. The second-order valence-electron chi connectivity index (χ2n) is 5.33. The molecule has 0 unspecified atom stereocenters. The molecule has 1 N–H and O–H groups in total. The van der Waals surface area contributed by atoms with Crippen LogP contribution >= 0.6 is 0 Å². The molecule has 0 aliphatic heterocycles. The highest BCUT2D eigenvalue weighted by atomic mass is 16.4. The summed E-state index contributed by atoms with van der Waals surface area (Å²) in [5.74, 6) is -0.467. The molecule has 5 heteroatoms. The first-order valence-electron chi connectivity index (χ1n) is 6.82. The summed E-state index contributed by atoms with van der Waals surface area (Å²) in [7, 11) is 0. The Hall–Kier alpha value is -2.61. The predicted octanol–water partition coefficient (Wildman–Crippen LogP) is 3.17. The number of aromatic nitrogens is 2. The van der Waals surface area contributed by atoms with Crippen LogP contribution in [-0.2, 0) is 6.54 Å². The largest absolute Gasteiger partial charge is 0.478 e. The third kappa shape index (κ3) is 3.48. The van der Waals surface area contributed by atoms with Crippen LogP contribution in [0.25, 0.3) is 11.3 Å². The Morgan fingerprint density at radius 1 is 1.38 bits per heavy atom. The molecule has 0 spiro atoms. The van der Waals surface area contributed by atoms with Crippen LogP contribution in [0, 0.1) is 17.2 Å². The lowest BCUT2D eigenvalue weighted by atomic mass is 10.1. The van der Waals surface area contributed by atoms with Crippen molar-refractivity contribution in [2.75, 3.05) is 0 Å². The van der Waals surface area contributed by atoms with Gasteiger partial charge in [-0.3, -0.25) is 4.68 Å². The molecule has 0 amide bonds. The molecule has 1 aromatic heterocycles. The number of carbonyl (C=O) groups is 1. The Bertz CT molecular complexity index is 679. The van der Waals surface area contributed by atoms with Crippen molar-refractivity contribution in [1.29, 1.82) is 5.26 Å².